The molecule has 0 aromatic heterocycles. The third-order valence-corrected chi connectivity index (χ3v) is 5.88. The van der Waals surface area contributed by atoms with Crippen molar-refractivity contribution in [3.8, 4) is 23.0 Å². The number of rotatable bonds is 4. The van der Waals surface area contributed by atoms with Gasteiger partial charge >= 0.3 is 0 Å². The maximum atomic E-state index is 13.4. The molecule has 1 heterocycles. The monoisotopic (exact) mass is 462 g/mol. The summed E-state index contributed by atoms with van der Waals surface area (Å²) in [6, 6.07) is 4.02. The Bertz CT molecular complexity index is 1140. The van der Waals surface area contributed by atoms with E-state index in [1.54, 1.807) is 0 Å². The second-order valence-electron chi connectivity index (χ2n) is 7.76. The first-order valence-corrected chi connectivity index (χ1v) is 9.96. The number of hydrogen-bond donors (Lipinski definition) is 6. The van der Waals surface area contributed by atoms with E-state index in [0.29, 0.717) is 0 Å². The third kappa shape index (κ3) is 3.33. The summed E-state index contributed by atoms with van der Waals surface area (Å²) < 4.78 is 16.0. The van der Waals surface area contributed by atoms with E-state index in [9.17, 15) is 40.2 Å². The van der Waals surface area contributed by atoms with Gasteiger partial charge in [0.2, 0.25) is 12.1 Å². The van der Waals surface area contributed by atoms with Gasteiger partial charge in [0.1, 0.15) is 35.9 Å². The number of methoxy groups -OCH3 is 1. The fourth-order valence-corrected chi connectivity index (χ4v) is 4.12. The number of ketones is 2. The molecule has 0 amide bonds. The number of aliphatic hydroxyl groups is 4. The number of benzene rings is 2. The molecule has 0 radical (unpaired) electrons. The highest BCUT2D eigenvalue weighted by atomic mass is 16.7. The van der Waals surface area contributed by atoms with Gasteiger partial charge < -0.3 is 44.8 Å². The van der Waals surface area contributed by atoms with Crippen molar-refractivity contribution in [3.05, 3.63) is 46.0 Å². The minimum atomic E-state index is -1.75. The van der Waals surface area contributed by atoms with Crippen molar-refractivity contribution in [2.75, 3.05) is 13.7 Å². The van der Waals surface area contributed by atoms with E-state index in [0.717, 1.165) is 0 Å². The number of aliphatic hydroxyl groups excluding tert-OH is 4. The van der Waals surface area contributed by atoms with E-state index >= 15 is 0 Å². The summed E-state index contributed by atoms with van der Waals surface area (Å²) in [4.78, 5) is 26.6. The molecule has 11 heteroatoms. The van der Waals surface area contributed by atoms with Crippen LogP contribution in [-0.4, -0.2) is 86.6 Å². The van der Waals surface area contributed by atoms with Gasteiger partial charge in [-0.1, -0.05) is 12.1 Å². The summed E-state index contributed by atoms with van der Waals surface area (Å²) in [6.07, 6.45) is -7.92. The van der Waals surface area contributed by atoms with Crippen molar-refractivity contribution >= 4 is 11.6 Å². The van der Waals surface area contributed by atoms with Crippen molar-refractivity contribution in [2.45, 2.75) is 37.6 Å². The largest absolute Gasteiger partial charge is 0.507 e. The lowest BCUT2D eigenvalue weighted by molar-refractivity contribution is -0.277. The lowest BCUT2D eigenvalue weighted by Gasteiger charge is -2.39. The van der Waals surface area contributed by atoms with E-state index in [4.69, 9.17) is 14.2 Å². The zero-order valence-electron chi connectivity index (χ0n) is 17.6. The Morgan fingerprint density at radius 1 is 0.939 bits per heavy atom. The number of hydrogen-bond acceptors (Lipinski definition) is 11. The lowest BCUT2D eigenvalue weighted by Crippen LogP contribution is -2.60. The molecule has 2 aliphatic rings. The minimum Gasteiger partial charge on any atom is -0.507 e. The molecular weight excluding hydrogens is 440 g/mol. The van der Waals surface area contributed by atoms with Crippen LogP contribution in [0.5, 0.6) is 23.0 Å². The van der Waals surface area contributed by atoms with Crippen LogP contribution in [0.4, 0.5) is 0 Å². The lowest BCUT2D eigenvalue weighted by atomic mass is 9.81. The van der Waals surface area contributed by atoms with Crippen molar-refractivity contribution in [1.29, 1.82) is 0 Å². The van der Waals surface area contributed by atoms with E-state index < -0.39 is 71.5 Å². The van der Waals surface area contributed by atoms with Crippen LogP contribution in [-0.2, 0) is 4.74 Å². The van der Waals surface area contributed by atoms with E-state index in [-0.39, 0.29) is 28.2 Å². The van der Waals surface area contributed by atoms with E-state index in [2.05, 4.69) is 0 Å². The Labute approximate surface area is 187 Å². The Balaban J connectivity index is 1.81. The summed E-state index contributed by atoms with van der Waals surface area (Å²) in [5.41, 5.74) is -1.21. The van der Waals surface area contributed by atoms with Gasteiger partial charge in [-0.05, 0) is 13.0 Å². The van der Waals surface area contributed by atoms with Crippen molar-refractivity contribution in [1.82, 2.24) is 0 Å². The summed E-state index contributed by atoms with van der Waals surface area (Å²) in [5.74, 6) is -3.11. The van der Waals surface area contributed by atoms with Crippen molar-refractivity contribution < 1.29 is 54.4 Å². The standard InChI is InChI=1S/C22H22O11/c1-7-14(24)12-13(18(28)21(7)31-2)15(25)8-4-3-5-9(11(8)17(12)27)32-22-20(30)19(29)16(26)10(6-23)33-22/h3-5,10,16,19-20,22-24,26,28-30H,6H2,1-2H3/t10-,16-,19+,20-,22-/m1/s1. The van der Waals surface area contributed by atoms with Gasteiger partial charge in [-0.15, -0.1) is 0 Å². The van der Waals surface area contributed by atoms with Crippen LogP contribution < -0.4 is 9.47 Å². The molecule has 0 unspecified atom stereocenters. The van der Waals surface area contributed by atoms with Crippen LogP contribution in [0.1, 0.15) is 37.4 Å². The number of carbonyl (C=O) groups is 2. The molecule has 5 atom stereocenters. The van der Waals surface area contributed by atoms with Gasteiger partial charge in [0.05, 0.1) is 30.4 Å². The van der Waals surface area contributed by atoms with Gasteiger partial charge in [0.15, 0.2) is 17.3 Å². The average Bonchev–Trinajstić information content (AvgIpc) is 2.80. The Kier molecular flexibility index (Phi) is 5.76. The van der Waals surface area contributed by atoms with Gasteiger partial charge in [0.25, 0.3) is 0 Å². The van der Waals surface area contributed by atoms with Gasteiger partial charge in [-0.2, -0.15) is 0 Å². The molecule has 0 spiro atoms. The highest BCUT2D eigenvalue weighted by molar-refractivity contribution is 6.31. The molecule has 1 saturated heterocycles. The summed E-state index contributed by atoms with van der Waals surface area (Å²) in [6.45, 7) is 0.717. The molecule has 2 aromatic rings. The van der Waals surface area contributed by atoms with Gasteiger partial charge in [0, 0.05) is 11.1 Å². The highest BCUT2D eigenvalue weighted by Gasteiger charge is 2.46. The quantitative estimate of drug-likeness (QED) is 0.271. The number of phenolic OH excluding ortho intramolecular Hbond substituents is 2. The number of phenols is 2. The molecule has 0 bridgehead atoms. The first-order chi connectivity index (χ1) is 15.6. The Morgan fingerprint density at radius 2 is 1.61 bits per heavy atom. The van der Waals surface area contributed by atoms with E-state index in [1.807, 2.05) is 0 Å². The molecule has 176 valence electrons. The fraction of sp³-hybridized carbons (Fsp3) is 0.364. The Hall–Kier alpha value is -3.22. The Morgan fingerprint density at radius 3 is 2.24 bits per heavy atom. The number of fused-ring (bicyclic) bond motifs is 2. The molecule has 2 aromatic carbocycles. The number of ether oxygens (including phenoxy) is 3. The molecule has 1 aliphatic heterocycles. The van der Waals surface area contributed by atoms with Crippen LogP contribution in [0, 0.1) is 6.92 Å². The average molecular weight is 462 g/mol. The van der Waals surface area contributed by atoms with Crippen LogP contribution in [0.3, 0.4) is 0 Å². The second kappa shape index (κ2) is 8.28. The molecule has 6 N–H and O–H groups in total. The topological polar surface area (TPSA) is 183 Å². The SMILES string of the molecule is COc1c(C)c(O)c2c(c1O)C(=O)c1cccc(O[C@@H]3O[C@H](CO)[C@@H](O)[C@H](O)[C@H]3O)c1C2=O. The summed E-state index contributed by atoms with van der Waals surface area (Å²) >= 11 is 0. The summed E-state index contributed by atoms with van der Waals surface area (Å²) in [5, 5.41) is 60.7. The first-order valence-electron chi connectivity index (χ1n) is 9.96. The zero-order chi connectivity index (χ0) is 24.2. The summed E-state index contributed by atoms with van der Waals surface area (Å²) in [7, 11) is 1.24. The van der Waals surface area contributed by atoms with Crippen LogP contribution in [0.2, 0.25) is 0 Å². The van der Waals surface area contributed by atoms with Crippen molar-refractivity contribution in [2.24, 2.45) is 0 Å². The maximum Gasteiger partial charge on any atom is 0.229 e. The first kappa shape index (κ1) is 23.0. The van der Waals surface area contributed by atoms with Gasteiger partial charge in [-0.25, -0.2) is 0 Å². The molecule has 33 heavy (non-hydrogen) atoms. The predicted octanol–water partition coefficient (Wildman–Crippen LogP) is -0.631. The molecule has 1 fully saturated rings. The highest BCUT2D eigenvalue weighted by Crippen LogP contribution is 2.47. The fourth-order valence-electron chi connectivity index (χ4n) is 4.12. The number of aromatic hydroxyl groups is 2. The molecule has 11 nitrogen and oxygen atoms in total. The van der Waals surface area contributed by atoms with Crippen LogP contribution >= 0.6 is 0 Å². The van der Waals surface area contributed by atoms with Crippen molar-refractivity contribution in [3.63, 3.8) is 0 Å². The predicted molar refractivity (Wildman–Crippen MR) is 109 cm³/mol. The second-order valence-corrected chi connectivity index (χ2v) is 7.76. The smallest absolute Gasteiger partial charge is 0.229 e. The zero-order valence-corrected chi connectivity index (χ0v) is 17.6. The molecule has 4 rings (SSSR count). The van der Waals surface area contributed by atoms with E-state index in [1.165, 1.54) is 32.2 Å². The van der Waals surface area contributed by atoms with Crippen LogP contribution in [0.15, 0.2) is 18.2 Å². The molecular formula is C22H22O11. The molecule has 1 aliphatic carbocycles. The van der Waals surface area contributed by atoms with Crippen LogP contribution in [0.25, 0.3) is 0 Å². The molecule has 0 saturated carbocycles. The third-order valence-electron chi connectivity index (χ3n) is 5.88. The van der Waals surface area contributed by atoms with Gasteiger partial charge in [-0.3, -0.25) is 9.59 Å². The maximum absolute atomic E-state index is 13.4. The minimum absolute atomic E-state index is 0.0469. The number of carbonyl (C=O) groups excluding carboxylic acids is 2. The normalized spacial score (nSPS) is 26.5.